The normalized spacial score (nSPS) is 7.70. The van der Waals surface area contributed by atoms with Crippen molar-refractivity contribution in [3.05, 3.63) is 18.7 Å². The Hall–Kier alpha value is 0.130. The molecule has 0 fully saturated rings. The topological polar surface area (TPSA) is 43.8 Å². The lowest BCUT2D eigenvalue weighted by atomic mass is 10.6. The maximum Gasteiger partial charge on any atom is 0.0946 e. The van der Waals surface area contributed by atoms with E-state index in [2.05, 4.69) is 4.98 Å². The maximum absolute atomic E-state index is 5.27. The number of hydrogen-bond donors (Lipinski definition) is 1. The van der Waals surface area contributed by atoms with E-state index in [4.69, 9.17) is 5.73 Å². The Balaban J connectivity index is 0. The summed E-state index contributed by atoms with van der Waals surface area (Å²) in [5.41, 5.74) is 5.27. The molecule has 0 saturated carbocycles. The quantitative estimate of drug-likeness (QED) is 0.873. The first-order valence-electron chi connectivity index (χ1n) is 2.59. The zero-order valence-electron chi connectivity index (χ0n) is 5.43. The zero-order chi connectivity index (χ0) is 5.82. The average Bonchev–Trinajstić information content (AvgIpc) is 2.19. The van der Waals surface area contributed by atoms with Crippen molar-refractivity contribution in [3.8, 4) is 0 Å². The fourth-order valence-electron chi connectivity index (χ4n) is 0.568. The fourth-order valence-corrected chi connectivity index (χ4v) is 0.568. The van der Waals surface area contributed by atoms with E-state index in [-0.39, 0.29) is 34.0 Å². The van der Waals surface area contributed by atoms with Gasteiger partial charge in [-0.25, -0.2) is 4.98 Å². The largest absolute Gasteiger partial charge is 0.336 e. The van der Waals surface area contributed by atoms with Crippen molar-refractivity contribution in [3.63, 3.8) is 0 Å². The van der Waals surface area contributed by atoms with Gasteiger partial charge in [-0.1, -0.05) is 0 Å². The minimum atomic E-state index is 0. The highest BCUT2D eigenvalue weighted by Gasteiger charge is 1.82. The van der Waals surface area contributed by atoms with Gasteiger partial charge in [-0.2, -0.15) is 0 Å². The van der Waals surface area contributed by atoms with Gasteiger partial charge >= 0.3 is 0 Å². The lowest BCUT2D eigenvalue weighted by molar-refractivity contribution is 0.708. The smallest absolute Gasteiger partial charge is 0.0946 e. The van der Waals surface area contributed by atoms with E-state index in [1.165, 1.54) is 0 Å². The first-order chi connectivity index (χ1) is 3.93. The van der Waals surface area contributed by atoms with E-state index < -0.39 is 0 Å². The predicted molar refractivity (Wildman–Crippen MR) is 51.9 cm³/mol. The van der Waals surface area contributed by atoms with Gasteiger partial charge in [-0.15, -0.1) is 34.0 Å². The molecule has 0 aliphatic carbocycles. The molecule has 0 bridgehead atoms. The molecule has 1 aromatic heterocycles. The lowest BCUT2D eigenvalue weighted by Gasteiger charge is -1.93. The fraction of sp³-hybridized carbons (Fsp3) is 0.400. The highest BCUT2D eigenvalue weighted by atomic mass is 79.9. The van der Waals surface area contributed by atoms with Crippen LogP contribution in [0.4, 0.5) is 0 Å². The van der Waals surface area contributed by atoms with Crippen molar-refractivity contribution >= 4 is 34.0 Å². The minimum Gasteiger partial charge on any atom is -0.336 e. The van der Waals surface area contributed by atoms with E-state index in [1.54, 1.807) is 12.5 Å². The van der Waals surface area contributed by atoms with Gasteiger partial charge in [0, 0.05) is 25.5 Å². The first kappa shape index (κ1) is 12.8. The Morgan fingerprint density at radius 2 is 2.10 bits per heavy atom. The van der Waals surface area contributed by atoms with Gasteiger partial charge in [0.05, 0.1) is 6.33 Å². The highest BCUT2D eigenvalue weighted by molar-refractivity contribution is 8.93. The number of hydrogen-bond acceptors (Lipinski definition) is 2. The number of halogens is 2. The van der Waals surface area contributed by atoms with Crippen LogP contribution in [-0.4, -0.2) is 16.1 Å². The summed E-state index contributed by atoms with van der Waals surface area (Å²) < 4.78 is 1.94. The third-order valence-corrected chi connectivity index (χ3v) is 0.946. The molecule has 0 saturated heterocycles. The van der Waals surface area contributed by atoms with Crippen LogP contribution in [0.2, 0.25) is 0 Å². The number of rotatable bonds is 2. The molecule has 2 N–H and O–H groups in total. The Bertz CT molecular complexity index is 141. The molecule has 0 unspecified atom stereocenters. The van der Waals surface area contributed by atoms with E-state index >= 15 is 0 Å². The summed E-state index contributed by atoms with van der Waals surface area (Å²) in [5, 5.41) is 0. The van der Waals surface area contributed by atoms with Crippen molar-refractivity contribution in [2.45, 2.75) is 6.54 Å². The molecule has 0 aliphatic rings. The molecule has 3 nitrogen and oxygen atoms in total. The maximum atomic E-state index is 5.27. The van der Waals surface area contributed by atoms with Crippen molar-refractivity contribution in [2.75, 3.05) is 6.54 Å². The van der Waals surface area contributed by atoms with Crippen LogP contribution >= 0.6 is 34.0 Å². The first-order valence-corrected chi connectivity index (χ1v) is 2.59. The van der Waals surface area contributed by atoms with Crippen LogP contribution in [0.5, 0.6) is 0 Å². The highest BCUT2D eigenvalue weighted by Crippen LogP contribution is 1.81. The van der Waals surface area contributed by atoms with Crippen LogP contribution in [-0.2, 0) is 6.54 Å². The van der Waals surface area contributed by atoms with Gasteiger partial charge in [-0.05, 0) is 0 Å². The molecule has 10 heavy (non-hydrogen) atoms. The number of nitrogens with two attached hydrogens (primary N) is 1. The number of aromatic nitrogens is 2. The third-order valence-electron chi connectivity index (χ3n) is 0.946. The van der Waals surface area contributed by atoms with Crippen molar-refractivity contribution in [2.24, 2.45) is 5.73 Å². The second kappa shape index (κ2) is 7.24. The summed E-state index contributed by atoms with van der Waals surface area (Å²) in [6.45, 7) is 1.54. The molecule has 0 aliphatic heterocycles. The van der Waals surface area contributed by atoms with Crippen LogP contribution in [0.15, 0.2) is 18.7 Å². The summed E-state index contributed by atoms with van der Waals surface area (Å²) in [6, 6.07) is 0. The summed E-state index contributed by atoms with van der Waals surface area (Å²) in [5.74, 6) is 0. The van der Waals surface area contributed by atoms with Gasteiger partial charge < -0.3 is 10.3 Å². The Kier molecular flexibility index (Phi) is 9.25. The number of imidazole rings is 1. The van der Waals surface area contributed by atoms with Crippen LogP contribution in [0.25, 0.3) is 0 Å². The second-order valence-corrected chi connectivity index (χ2v) is 1.59. The Morgan fingerprint density at radius 1 is 1.40 bits per heavy atom. The van der Waals surface area contributed by atoms with E-state index in [1.807, 2.05) is 10.8 Å². The predicted octanol–water partition coefficient (Wildman–Crippen LogP) is 0.998. The van der Waals surface area contributed by atoms with Gasteiger partial charge in [0.1, 0.15) is 0 Å². The van der Waals surface area contributed by atoms with Crippen LogP contribution in [0, 0.1) is 0 Å². The summed E-state index contributed by atoms with van der Waals surface area (Å²) >= 11 is 0. The van der Waals surface area contributed by atoms with Crippen LogP contribution < -0.4 is 5.73 Å². The van der Waals surface area contributed by atoms with Gasteiger partial charge in [0.25, 0.3) is 0 Å². The average molecular weight is 273 g/mol. The van der Waals surface area contributed by atoms with Crippen LogP contribution in [0.1, 0.15) is 0 Å². The summed E-state index contributed by atoms with van der Waals surface area (Å²) in [4.78, 5) is 3.85. The Labute approximate surface area is 81.2 Å². The Morgan fingerprint density at radius 3 is 2.50 bits per heavy atom. The SMILES string of the molecule is Br.Br.NCCn1ccnc1. The molecule has 5 heteroatoms. The van der Waals surface area contributed by atoms with Crippen molar-refractivity contribution < 1.29 is 0 Å². The van der Waals surface area contributed by atoms with Crippen LogP contribution in [0.3, 0.4) is 0 Å². The lowest BCUT2D eigenvalue weighted by Crippen LogP contribution is -2.07. The van der Waals surface area contributed by atoms with E-state index in [0.29, 0.717) is 6.54 Å². The minimum absolute atomic E-state index is 0. The van der Waals surface area contributed by atoms with Gasteiger partial charge in [0.15, 0.2) is 0 Å². The molecule has 1 aromatic rings. The monoisotopic (exact) mass is 271 g/mol. The summed E-state index contributed by atoms with van der Waals surface area (Å²) in [6.07, 6.45) is 5.40. The summed E-state index contributed by atoms with van der Waals surface area (Å²) in [7, 11) is 0. The van der Waals surface area contributed by atoms with E-state index in [9.17, 15) is 0 Å². The molecule has 1 heterocycles. The molecule has 0 aromatic carbocycles. The molecule has 0 radical (unpaired) electrons. The van der Waals surface area contributed by atoms with Crippen molar-refractivity contribution in [1.29, 1.82) is 0 Å². The molecule has 0 amide bonds. The molecular weight excluding hydrogens is 262 g/mol. The molecule has 0 atom stereocenters. The van der Waals surface area contributed by atoms with Gasteiger partial charge in [0.2, 0.25) is 0 Å². The van der Waals surface area contributed by atoms with Crippen molar-refractivity contribution in [1.82, 2.24) is 9.55 Å². The zero-order valence-corrected chi connectivity index (χ0v) is 8.86. The molecule has 0 spiro atoms. The molecular formula is C5H11Br2N3. The van der Waals surface area contributed by atoms with Gasteiger partial charge in [-0.3, -0.25) is 0 Å². The number of nitrogens with zero attached hydrogens (tertiary/aromatic N) is 2. The standard InChI is InChI=1S/C5H9N3.2BrH/c6-1-3-8-4-2-7-5-8;;/h2,4-5H,1,3,6H2;2*1H. The molecule has 1 rings (SSSR count). The van der Waals surface area contributed by atoms with E-state index in [0.717, 1.165) is 6.54 Å². The third kappa shape index (κ3) is 4.03. The second-order valence-electron chi connectivity index (χ2n) is 1.59. The molecule has 60 valence electrons.